The second kappa shape index (κ2) is 9.97. The maximum Gasteiger partial charge on any atom is 0.257 e. The second-order valence-corrected chi connectivity index (χ2v) is 8.21. The van der Waals surface area contributed by atoms with Gasteiger partial charge >= 0.3 is 0 Å². The molecule has 174 valence electrons. The average molecular weight is 479 g/mol. The van der Waals surface area contributed by atoms with Crippen LogP contribution in [0.3, 0.4) is 0 Å². The van der Waals surface area contributed by atoms with Crippen molar-refractivity contribution in [1.82, 2.24) is 4.90 Å². The lowest BCUT2D eigenvalue weighted by molar-refractivity contribution is -0.122. The molecule has 0 spiro atoms. The van der Waals surface area contributed by atoms with Gasteiger partial charge in [-0.15, -0.1) is 0 Å². The normalized spacial score (nSPS) is 15.4. The molecular weight excluding hydrogens is 456 g/mol. The molecule has 34 heavy (non-hydrogen) atoms. The van der Waals surface area contributed by atoms with E-state index < -0.39 is 11.9 Å². The highest BCUT2D eigenvalue weighted by Gasteiger charge is 2.44. The maximum absolute atomic E-state index is 13.5. The largest absolute Gasteiger partial charge is 0.497 e. The Morgan fingerprint density at radius 1 is 0.912 bits per heavy atom. The van der Waals surface area contributed by atoms with Crippen LogP contribution in [0, 0.1) is 0 Å². The zero-order chi connectivity index (χ0) is 24.2. The molecule has 0 aliphatic carbocycles. The molecule has 1 aliphatic rings. The highest BCUT2D eigenvalue weighted by Crippen LogP contribution is 2.29. The van der Waals surface area contributed by atoms with Crippen molar-refractivity contribution in [2.24, 2.45) is 0 Å². The molecule has 3 aromatic rings. The molecular formula is C26H23ClN2O5. The van der Waals surface area contributed by atoms with Gasteiger partial charge in [0.15, 0.2) is 0 Å². The van der Waals surface area contributed by atoms with Crippen molar-refractivity contribution in [3.05, 3.63) is 88.9 Å². The van der Waals surface area contributed by atoms with Crippen molar-refractivity contribution in [1.29, 1.82) is 0 Å². The van der Waals surface area contributed by atoms with E-state index in [2.05, 4.69) is 0 Å². The van der Waals surface area contributed by atoms with Crippen LogP contribution in [-0.2, 0) is 16.1 Å². The summed E-state index contributed by atoms with van der Waals surface area (Å²) in [4.78, 5) is 42.4. The smallest absolute Gasteiger partial charge is 0.257 e. The third kappa shape index (κ3) is 4.75. The number of halogens is 1. The number of hydrogen-bond donors (Lipinski definition) is 0. The molecule has 3 aromatic carbocycles. The first kappa shape index (κ1) is 23.3. The second-order valence-electron chi connectivity index (χ2n) is 7.77. The number of ether oxygens (including phenoxy) is 2. The van der Waals surface area contributed by atoms with Crippen LogP contribution in [0.2, 0.25) is 5.02 Å². The molecule has 0 radical (unpaired) electrons. The topological polar surface area (TPSA) is 76.2 Å². The first-order valence-corrected chi connectivity index (χ1v) is 11.0. The number of benzene rings is 3. The summed E-state index contributed by atoms with van der Waals surface area (Å²) in [7, 11) is 3.11. The summed E-state index contributed by atoms with van der Waals surface area (Å²) < 4.78 is 10.4. The van der Waals surface area contributed by atoms with E-state index in [0.717, 1.165) is 10.5 Å². The summed E-state index contributed by atoms with van der Waals surface area (Å²) in [6.45, 7) is 0.144. The molecule has 1 heterocycles. The lowest BCUT2D eigenvalue weighted by Crippen LogP contribution is -2.45. The monoisotopic (exact) mass is 478 g/mol. The van der Waals surface area contributed by atoms with E-state index in [1.807, 2.05) is 12.1 Å². The zero-order valence-corrected chi connectivity index (χ0v) is 19.5. The molecule has 1 atom stereocenters. The fraction of sp³-hybridized carbons (Fsp3) is 0.192. The lowest BCUT2D eigenvalue weighted by atomic mass is 10.1. The Morgan fingerprint density at radius 2 is 1.47 bits per heavy atom. The summed E-state index contributed by atoms with van der Waals surface area (Å²) in [6.07, 6.45) is -0.111. The summed E-state index contributed by atoms with van der Waals surface area (Å²) in [5.41, 5.74) is 1.61. The molecule has 8 heteroatoms. The van der Waals surface area contributed by atoms with E-state index in [9.17, 15) is 14.4 Å². The molecule has 0 saturated carbocycles. The van der Waals surface area contributed by atoms with Gasteiger partial charge in [0.05, 0.1) is 26.3 Å². The van der Waals surface area contributed by atoms with E-state index in [1.54, 1.807) is 67.8 Å². The van der Waals surface area contributed by atoms with E-state index in [4.69, 9.17) is 21.1 Å². The number of anilines is 1. The number of methoxy groups -OCH3 is 2. The number of nitrogens with zero attached hydrogens (tertiary/aromatic N) is 2. The predicted octanol–water partition coefficient (Wildman–Crippen LogP) is 4.33. The van der Waals surface area contributed by atoms with Crippen molar-refractivity contribution in [3.63, 3.8) is 0 Å². The van der Waals surface area contributed by atoms with E-state index >= 15 is 0 Å². The van der Waals surface area contributed by atoms with E-state index in [1.165, 1.54) is 12.0 Å². The van der Waals surface area contributed by atoms with Gasteiger partial charge in [-0.05, 0) is 66.2 Å². The van der Waals surface area contributed by atoms with Crippen LogP contribution in [0.25, 0.3) is 0 Å². The van der Waals surface area contributed by atoms with Gasteiger partial charge in [-0.2, -0.15) is 0 Å². The Balaban J connectivity index is 1.66. The Kier molecular flexibility index (Phi) is 6.84. The minimum atomic E-state index is -0.945. The Bertz CT molecular complexity index is 1190. The Hall–Kier alpha value is -3.84. The molecule has 0 aromatic heterocycles. The summed E-state index contributed by atoms with van der Waals surface area (Å²) >= 11 is 5.98. The molecule has 3 amide bonds. The fourth-order valence-electron chi connectivity index (χ4n) is 3.87. The van der Waals surface area contributed by atoms with Gasteiger partial charge in [0, 0.05) is 17.1 Å². The minimum Gasteiger partial charge on any atom is -0.497 e. The van der Waals surface area contributed by atoms with Crippen LogP contribution in [0.15, 0.2) is 72.8 Å². The first-order chi connectivity index (χ1) is 16.4. The molecule has 7 nitrogen and oxygen atoms in total. The highest BCUT2D eigenvalue weighted by atomic mass is 35.5. The standard InChI is InChI=1S/C26H23ClN2O5/c1-33-21-11-3-17(4-12-21)16-28(25(31)18-5-7-19(27)8-6-18)23-15-24(30)29(26(23)32)20-9-13-22(34-2)14-10-20/h3-14,23H,15-16H2,1-2H3. The summed E-state index contributed by atoms with van der Waals surface area (Å²) in [6, 6.07) is 19.4. The molecule has 1 fully saturated rings. The maximum atomic E-state index is 13.5. The summed E-state index contributed by atoms with van der Waals surface area (Å²) in [5.74, 6) is 0.0978. The number of imide groups is 1. The number of carbonyl (C=O) groups excluding carboxylic acids is 3. The van der Waals surface area contributed by atoms with Gasteiger partial charge in [-0.3, -0.25) is 14.4 Å². The van der Waals surface area contributed by atoms with Gasteiger partial charge in [-0.25, -0.2) is 4.90 Å². The molecule has 1 saturated heterocycles. The molecule has 1 aliphatic heterocycles. The van der Waals surface area contributed by atoms with Gasteiger partial charge < -0.3 is 14.4 Å². The van der Waals surface area contributed by atoms with Crippen molar-refractivity contribution >= 4 is 35.0 Å². The molecule has 0 bridgehead atoms. The quantitative estimate of drug-likeness (QED) is 0.472. The van der Waals surface area contributed by atoms with Gasteiger partial charge in [0.25, 0.3) is 11.8 Å². The van der Waals surface area contributed by atoms with Crippen molar-refractivity contribution in [2.75, 3.05) is 19.1 Å². The van der Waals surface area contributed by atoms with E-state index in [0.29, 0.717) is 27.8 Å². The summed E-state index contributed by atoms with van der Waals surface area (Å²) in [5, 5.41) is 0.496. The third-order valence-corrected chi connectivity index (χ3v) is 5.95. The van der Waals surface area contributed by atoms with Crippen molar-refractivity contribution < 1.29 is 23.9 Å². The number of rotatable bonds is 7. The SMILES string of the molecule is COc1ccc(CN(C(=O)c2ccc(Cl)cc2)C2CC(=O)N(c3ccc(OC)cc3)C2=O)cc1. The zero-order valence-electron chi connectivity index (χ0n) is 18.7. The highest BCUT2D eigenvalue weighted by molar-refractivity contribution is 6.30. The Morgan fingerprint density at radius 3 is 2.03 bits per heavy atom. The lowest BCUT2D eigenvalue weighted by Gasteiger charge is -2.28. The van der Waals surface area contributed by atoms with Crippen LogP contribution in [0.5, 0.6) is 11.5 Å². The molecule has 0 N–H and O–H groups in total. The van der Waals surface area contributed by atoms with E-state index in [-0.39, 0.29) is 24.8 Å². The minimum absolute atomic E-state index is 0.111. The third-order valence-electron chi connectivity index (χ3n) is 5.69. The van der Waals surface area contributed by atoms with Crippen LogP contribution in [0.1, 0.15) is 22.3 Å². The van der Waals surface area contributed by atoms with Gasteiger partial charge in [0.1, 0.15) is 17.5 Å². The number of hydrogen-bond acceptors (Lipinski definition) is 5. The van der Waals surface area contributed by atoms with Crippen LogP contribution < -0.4 is 14.4 Å². The van der Waals surface area contributed by atoms with Crippen LogP contribution >= 0.6 is 11.6 Å². The first-order valence-electron chi connectivity index (χ1n) is 10.6. The van der Waals surface area contributed by atoms with Crippen molar-refractivity contribution in [2.45, 2.75) is 19.0 Å². The number of amides is 3. The molecule has 1 unspecified atom stereocenters. The molecule has 4 rings (SSSR count). The Labute approximate surface area is 202 Å². The fourth-order valence-corrected chi connectivity index (χ4v) is 4.00. The predicted molar refractivity (Wildman–Crippen MR) is 128 cm³/mol. The van der Waals surface area contributed by atoms with Gasteiger partial charge in [0.2, 0.25) is 5.91 Å². The van der Waals surface area contributed by atoms with Gasteiger partial charge in [-0.1, -0.05) is 23.7 Å². The average Bonchev–Trinajstić information content (AvgIpc) is 3.16. The van der Waals surface area contributed by atoms with Crippen molar-refractivity contribution in [3.8, 4) is 11.5 Å². The van der Waals surface area contributed by atoms with Crippen LogP contribution in [0.4, 0.5) is 5.69 Å². The number of carbonyl (C=O) groups is 3. The van der Waals surface area contributed by atoms with Crippen LogP contribution in [-0.4, -0.2) is 42.9 Å².